The third-order valence-corrected chi connectivity index (χ3v) is 9.27. The van der Waals surface area contributed by atoms with Crippen LogP contribution in [0.15, 0.2) is 17.0 Å². The average molecular weight is 574 g/mol. The number of benzene rings is 1. The Kier molecular flexibility index (Phi) is 8.76. The molecule has 7 nitrogen and oxygen atoms in total. The van der Waals surface area contributed by atoms with Crippen molar-refractivity contribution in [3.05, 3.63) is 32.9 Å². The minimum Gasteiger partial charge on any atom is -0.392 e. The summed E-state index contributed by atoms with van der Waals surface area (Å²) in [6.45, 7) is 2.24. The molecule has 0 aliphatic heterocycles. The van der Waals surface area contributed by atoms with E-state index in [1.165, 1.54) is 13.0 Å². The third kappa shape index (κ3) is 6.66. The summed E-state index contributed by atoms with van der Waals surface area (Å²) in [5, 5.41) is 11.5. The molecule has 2 atom stereocenters. The number of alkyl halides is 3. The van der Waals surface area contributed by atoms with Crippen LogP contribution in [0, 0.1) is 5.92 Å². The molecule has 1 aromatic heterocycles. The molecule has 1 heterocycles. The standard InChI is InChI=1S/C21H24Cl2F3N3O4S2/c1-10(30)9-27-19(31)20-28-14(8-12-4-3-5-12)18(34-20)13-6-7-15(17(23)16(13)22)35(32,33)29-11(2)21(24,25)26/h6-7,10-12,29-30H,3-5,8-9H2,1-2H3,(H,27,31)/t10-,11-/m0/s1. The minimum absolute atomic E-state index is 0.0359. The Morgan fingerprint density at radius 2 is 1.91 bits per heavy atom. The fourth-order valence-corrected chi connectivity index (χ4v) is 6.55. The first-order chi connectivity index (χ1) is 16.2. The van der Waals surface area contributed by atoms with E-state index in [0.29, 0.717) is 35.4 Å². The van der Waals surface area contributed by atoms with E-state index in [9.17, 15) is 31.5 Å². The number of hydrogen-bond acceptors (Lipinski definition) is 6. The number of carbonyl (C=O) groups is 1. The lowest BCUT2D eigenvalue weighted by atomic mass is 9.82. The number of carbonyl (C=O) groups excluding carboxylic acids is 1. The van der Waals surface area contributed by atoms with Crippen LogP contribution in [0.25, 0.3) is 10.4 Å². The smallest absolute Gasteiger partial charge is 0.392 e. The van der Waals surface area contributed by atoms with Gasteiger partial charge in [-0.05, 0) is 32.3 Å². The van der Waals surface area contributed by atoms with Crippen molar-refractivity contribution in [2.45, 2.75) is 62.7 Å². The third-order valence-electron chi connectivity index (χ3n) is 5.56. The van der Waals surface area contributed by atoms with E-state index >= 15 is 0 Å². The number of aromatic nitrogens is 1. The largest absolute Gasteiger partial charge is 0.404 e. The maximum absolute atomic E-state index is 12.9. The van der Waals surface area contributed by atoms with Crippen molar-refractivity contribution in [1.82, 2.24) is 15.0 Å². The second kappa shape index (κ2) is 10.9. The van der Waals surface area contributed by atoms with Crippen LogP contribution in [0.5, 0.6) is 0 Å². The van der Waals surface area contributed by atoms with Gasteiger partial charge in [-0.15, -0.1) is 11.3 Å². The van der Waals surface area contributed by atoms with Crippen LogP contribution in [0.4, 0.5) is 13.2 Å². The Morgan fingerprint density at radius 1 is 1.26 bits per heavy atom. The number of rotatable bonds is 9. The van der Waals surface area contributed by atoms with E-state index in [1.807, 2.05) is 0 Å². The van der Waals surface area contributed by atoms with Gasteiger partial charge in [-0.3, -0.25) is 4.79 Å². The second-order valence-electron chi connectivity index (χ2n) is 8.48. The van der Waals surface area contributed by atoms with Gasteiger partial charge in [0.15, 0.2) is 5.01 Å². The molecule has 1 aromatic carbocycles. The van der Waals surface area contributed by atoms with Gasteiger partial charge in [-0.2, -0.15) is 17.9 Å². The monoisotopic (exact) mass is 573 g/mol. The van der Waals surface area contributed by atoms with Crippen LogP contribution >= 0.6 is 34.5 Å². The molecule has 1 saturated carbocycles. The van der Waals surface area contributed by atoms with Crippen LogP contribution in [-0.4, -0.2) is 49.3 Å². The molecule has 1 amide bonds. The highest BCUT2D eigenvalue weighted by atomic mass is 35.5. The van der Waals surface area contributed by atoms with Crippen LogP contribution in [0.1, 0.15) is 48.6 Å². The predicted molar refractivity (Wildman–Crippen MR) is 128 cm³/mol. The zero-order chi connectivity index (χ0) is 26.1. The lowest BCUT2D eigenvalue weighted by Crippen LogP contribution is -2.43. The molecular weight excluding hydrogens is 550 g/mol. The van der Waals surface area contributed by atoms with Crippen molar-refractivity contribution in [3.8, 4) is 10.4 Å². The Hall–Kier alpha value is -1.44. The van der Waals surface area contributed by atoms with E-state index in [0.717, 1.165) is 36.7 Å². The van der Waals surface area contributed by atoms with Gasteiger partial charge in [0.25, 0.3) is 5.91 Å². The van der Waals surface area contributed by atoms with Crippen molar-refractivity contribution in [3.63, 3.8) is 0 Å². The summed E-state index contributed by atoms with van der Waals surface area (Å²) in [6, 6.07) is 0.0889. The van der Waals surface area contributed by atoms with Gasteiger partial charge in [0.05, 0.1) is 26.7 Å². The summed E-state index contributed by atoms with van der Waals surface area (Å²) in [5.74, 6) is -0.102. The Morgan fingerprint density at radius 3 is 2.46 bits per heavy atom. The van der Waals surface area contributed by atoms with E-state index in [4.69, 9.17) is 23.2 Å². The zero-order valence-corrected chi connectivity index (χ0v) is 21.9. The molecule has 35 heavy (non-hydrogen) atoms. The normalized spacial score (nSPS) is 16.6. The van der Waals surface area contributed by atoms with Gasteiger partial charge in [0.1, 0.15) is 10.9 Å². The molecule has 194 valence electrons. The molecule has 3 rings (SSSR count). The van der Waals surface area contributed by atoms with Crippen LogP contribution in [0.2, 0.25) is 10.0 Å². The summed E-state index contributed by atoms with van der Waals surface area (Å²) < 4.78 is 65.3. The number of amides is 1. The van der Waals surface area contributed by atoms with Crippen molar-refractivity contribution in [1.29, 1.82) is 0 Å². The van der Waals surface area contributed by atoms with Gasteiger partial charge in [-0.1, -0.05) is 48.5 Å². The Bertz CT molecular complexity index is 1200. The van der Waals surface area contributed by atoms with Gasteiger partial charge in [0.2, 0.25) is 10.0 Å². The van der Waals surface area contributed by atoms with Gasteiger partial charge >= 0.3 is 6.18 Å². The molecule has 0 radical (unpaired) electrons. The number of sulfonamides is 1. The van der Waals surface area contributed by atoms with Gasteiger partial charge < -0.3 is 10.4 Å². The molecule has 0 unspecified atom stereocenters. The first-order valence-electron chi connectivity index (χ1n) is 10.7. The lowest BCUT2D eigenvalue weighted by Gasteiger charge is -2.24. The van der Waals surface area contributed by atoms with Crippen LogP contribution < -0.4 is 10.0 Å². The predicted octanol–water partition coefficient (Wildman–Crippen LogP) is 4.80. The van der Waals surface area contributed by atoms with Gasteiger partial charge in [-0.25, -0.2) is 13.4 Å². The van der Waals surface area contributed by atoms with E-state index < -0.39 is 44.2 Å². The molecule has 0 bridgehead atoms. The summed E-state index contributed by atoms with van der Waals surface area (Å²) in [7, 11) is -4.63. The number of nitrogens with zero attached hydrogens (tertiary/aromatic N) is 1. The quantitative estimate of drug-likeness (QED) is 0.399. The fraction of sp³-hybridized carbons (Fsp3) is 0.524. The number of hydrogen-bond donors (Lipinski definition) is 3. The molecule has 14 heteroatoms. The highest BCUT2D eigenvalue weighted by Gasteiger charge is 2.39. The molecule has 1 aliphatic carbocycles. The topological polar surface area (TPSA) is 108 Å². The van der Waals surface area contributed by atoms with Crippen molar-refractivity contribution >= 4 is 50.5 Å². The molecule has 0 saturated heterocycles. The number of nitrogens with one attached hydrogen (secondary N) is 2. The number of halogens is 5. The number of aliphatic hydroxyl groups excluding tert-OH is 1. The summed E-state index contributed by atoms with van der Waals surface area (Å²) in [4.78, 5) is 16.9. The summed E-state index contributed by atoms with van der Waals surface area (Å²) in [6.07, 6.45) is -1.84. The molecule has 0 spiro atoms. The highest BCUT2D eigenvalue weighted by molar-refractivity contribution is 7.89. The van der Waals surface area contributed by atoms with E-state index in [1.54, 1.807) is 4.72 Å². The van der Waals surface area contributed by atoms with E-state index in [-0.39, 0.29) is 16.6 Å². The molecular formula is C21H24Cl2F3N3O4S2. The molecule has 1 aliphatic rings. The van der Waals surface area contributed by atoms with Crippen molar-refractivity contribution < 1.29 is 31.5 Å². The van der Waals surface area contributed by atoms with Crippen molar-refractivity contribution in [2.24, 2.45) is 5.92 Å². The maximum atomic E-state index is 12.9. The van der Waals surface area contributed by atoms with Crippen LogP contribution in [0.3, 0.4) is 0 Å². The molecule has 2 aromatic rings. The first kappa shape index (κ1) is 28.1. The summed E-state index contributed by atoms with van der Waals surface area (Å²) >= 11 is 13.7. The second-order valence-corrected chi connectivity index (χ2v) is 11.9. The molecule has 1 fully saturated rings. The lowest BCUT2D eigenvalue weighted by molar-refractivity contribution is -0.147. The van der Waals surface area contributed by atoms with E-state index in [2.05, 4.69) is 10.3 Å². The fourth-order valence-electron chi connectivity index (χ4n) is 3.36. The van der Waals surface area contributed by atoms with Gasteiger partial charge in [0, 0.05) is 12.1 Å². The maximum Gasteiger partial charge on any atom is 0.404 e. The molecule has 3 N–H and O–H groups in total. The van der Waals surface area contributed by atoms with Crippen molar-refractivity contribution in [2.75, 3.05) is 6.54 Å². The SMILES string of the molecule is C[C@H](O)CNC(=O)c1nc(CC2CCC2)c(-c2ccc(S(=O)(=O)N[C@@H](C)C(F)(F)F)c(Cl)c2Cl)s1. The Balaban J connectivity index is 1.99. The first-order valence-corrected chi connectivity index (χ1v) is 13.8. The number of aliphatic hydroxyl groups is 1. The minimum atomic E-state index is -4.78. The van der Waals surface area contributed by atoms with Crippen LogP contribution in [-0.2, 0) is 16.4 Å². The Labute approximate surface area is 215 Å². The highest BCUT2D eigenvalue weighted by Crippen LogP contribution is 2.43. The zero-order valence-electron chi connectivity index (χ0n) is 18.7. The number of thiazole rings is 1. The average Bonchev–Trinajstić information content (AvgIpc) is 3.13. The summed E-state index contributed by atoms with van der Waals surface area (Å²) in [5.41, 5.74) is 0.917.